The number of non-ortho nitro benzene ring substituents is 1. The van der Waals surface area contributed by atoms with Crippen molar-refractivity contribution in [2.45, 2.75) is 20.0 Å². The number of amides is 1. The second-order valence-electron chi connectivity index (χ2n) is 7.79. The largest absolute Gasteiger partial charge is 0.490 e. The van der Waals surface area contributed by atoms with E-state index in [1.165, 1.54) is 18.3 Å². The van der Waals surface area contributed by atoms with Crippen molar-refractivity contribution >= 4 is 28.7 Å². The summed E-state index contributed by atoms with van der Waals surface area (Å²) in [6.45, 7) is 3.89. The Morgan fingerprint density at radius 3 is 2.62 bits per heavy atom. The summed E-state index contributed by atoms with van der Waals surface area (Å²) in [6.07, 6.45) is 1.34. The molecular formula is C26H22N4O4. The molecule has 1 amide bonds. The maximum Gasteiger partial charge on any atom is 0.272 e. The molecule has 0 aliphatic heterocycles. The summed E-state index contributed by atoms with van der Waals surface area (Å²) in [5.41, 5.74) is 5.39. The van der Waals surface area contributed by atoms with Gasteiger partial charge in [0.05, 0.1) is 34.0 Å². The van der Waals surface area contributed by atoms with E-state index in [0.29, 0.717) is 33.5 Å². The van der Waals surface area contributed by atoms with Gasteiger partial charge in [-0.05, 0) is 38.1 Å². The van der Waals surface area contributed by atoms with Crippen LogP contribution in [0, 0.1) is 10.1 Å². The van der Waals surface area contributed by atoms with Gasteiger partial charge in [-0.25, -0.2) is 10.4 Å². The molecule has 0 fully saturated rings. The Balaban J connectivity index is 1.68. The number of para-hydroxylation sites is 2. The van der Waals surface area contributed by atoms with E-state index in [-0.39, 0.29) is 11.8 Å². The molecule has 34 heavy (non-hydrogen) atoms. The number of benzene rings is 3. The fraction of sp³-hybridized carbons (Fsp3) is 0.115. The minimum absolute atomic E-state index is 0.0208. The molecule has 0 unspecified atom stereocenters. The number of hydrogen-bond acceptors (Lipinski definition) is 6. The minimum atomic E-state index is -0.485. The van der Waals surface area contributed by atoms with Gasteiger partial charge in [0, 0.05) is 28.6 Å². The molecule has 8 nitrogen and oxygen atoms in total. The zero-order valence-electron chi connectivity index (χ0n) is 18.6. The second kappa shape index (κ2) is 9.91. The van der Waals surface area contributed by atoms with Crippen molar-refractivity contribution in [1.82, 2.24) is 10.4 Å². The number of nitro groups is 1. The van der Waals surface area contributed by atoms with E-state index < -0.39 is 10.8 Å². The van der Waals surface area contributed by atoms with E-state index in [9.17, 15) is 14.9 Å². The Hall–Kier alpha value is -4.59. The monoisotopic (exact) mass is 454 g/mol. The van der Waals surface area contributed by atoms with Crippen molar-refractivity contribution in [3.8, 4) is 17.0 Å². The fourth-order valence-electron chi connectivity index (χ4n) is 3.48. The first-order chi connectivity index (χ1) is 16.4. The van der Waals surface area contributed by atoms with Gasteiger partial charge in [0.1, 0.15) is 5.75 Å². The summed E-state index contributed by atoms with van der Waals surface area (Å²) < 4.78 is 5.94. The SMILES string of the molecule is CC(C)Oc1ccccc1-c1cc(C(=O)NN=Cc2cccc([N+](=O)[O-])c2)c2ccccc2n1. The lowest BCUT2D eigenvalue weighted by Crippen LogP contribution is -2.18. The van der Waals surface area contributed by atoms with Gasteiger partial charge >= 0.3 is 0 Å². The molecule has 1 N–H and O–H groups in total. The molecule has 170 valence electrons. The van der Waals surface area contributed by atoms with E-state index in [1.54, 1.807) is 18.2 Å². The molecule has 4 rings (SSSR count). The molecule has 3 aromatic carbocycles. The second-order valence-corrected chi connectivity index (χ2v) is 7.79. The van der Waals surface area contributed by atoms with Gasteiger partial charge < -0.3 is 4.74 Å². The van der Waals surface area contributed by atoms with E-state index in [4.69, 9.17) is 9.72 Å². The van der Waals surface area contributed by atoms with Crippen molar-refractivity contribution in [3.63, 3.8) is 0 Å². The van der Waals surface area contributed by atoms with Crippen LogP contribution in [0.15, 0.2) is 84.0 Å². The number of nitrogens with zero attached hydrogens (tertiary/aromatic N) is 3. The average molecular weight is 454 g/mol. The van der Waals surface area contributed by atoms with Crippen molar-refractivity contribution in [3.05, 3.63) is 100 Å². The average Bonchev–Trinajstić information content (AvgIpc) is 2.83. The fourth-order valence-corrected chi connectivity index (χ4v) is 3.48. The molecule has 0 saturated carbocycles. The molecule has 0 atom stereocenters. The Labute approximate surface area is 196 Å². The first kappa shape index (κ1) is 22.6. The van der Waals surface area contributed by atoms with Crippen LogP contribution < -0.4 is 10.2 Å². The highest BCUT2D eigenvalue weighted by Crippen LogP contribution is 2.32. The van der Waals surface area contributed by atoms with Crippen LogP contribution in [-0.2, 0) is 0 Å². The first-order valence-electron chi connectivity index (χ1n) is 10.7. The summed E-state index contributed by atoms with van der Waals surface area (Å²) in [4.78, 5) is 28.3. The zero-order chi connectivity index (χ0) is 24.1. The summed E-state index contributed by atoms with van der Waals surface area (Å²) in [7, 11) is 0. The third-order valence-corrected chi connectivity index (χ3v) is 4.95. The molecule has 0 saturated heterocycles. The van der Waals surface area contributed by atoms with Gasteiger partial charge in [-0.1, -0.05) is 42.5 Å². The van der Waals surface area contributed by atoms with Gasteiger partial charge in [-0.2, -0.15) is 5.10 Å². The van der Waals surface area contributed by atoms with Crippen LogP contribution in [0.3, 0.4) is 0 Å². The molecule has 1 aromatic heterocycles. The lowest BCUT2D eigenvalue weighted by atomic mass is 10.0. The van der Waals surface area contributed by atoms with Gasteiger partial charge in [-0.15, -0.1) is 0 Å². The summed E-state index contributed by atoms with van der Waals surface area (Å²) in [5.74, 6) is 0.249. The molecule has 1 heterocycles. The van der Waals surface area contributed by atoms with Crippen LogP contribution in [-0.4, -0.2) is 28.1 Å². The number of ether oxygens (including phenoxy) is 1. The van der Waals surface area contributed by atoms with E-state index in [2.05, 4.69) is 10.5 Å². The summed E-state index contributed by atoms with van der Waals surface area (Å²) >= 11 is 0. The van der Waals surface area contributed by atoms with Gasteiger partial charge in [0.2, 0.25) is 0 Å². The van der Waals surface area contributed by atoms with E-state index in [1.807, 2.05) is 62.4 Å². The van der Waals surface area contributed by atoms with Crippen LogP contribution in [0.25, 0.3) is 22.2 Å². The van der Waals surface area contributed by atoms with Crippen LogP contribution in [0.4, 0.5) is 5.69 Å². The van der Waals surface area contributed by atoms with Crippen molar-refractivity contribution < 1.29 is 14.5 Å². The molecule has 0 spiro atoms. The zero-order valence-corrected chi connectivity index (χ0v) is 18.6. The van der Waals surface area contributed by atoms with E-state index >= 15 is 0 Å². The predicted molar refractivity (Wildman–Crippen MR) is 131 cm³/mol. The summed E-state index contributed by atoms with van der Waals surface area (Å²) in [5, 5.41) is 15.6. The smallest absolute Gasteiger partial charge is 0.272 e. The molecule has 0 aliphatic rings. The number of carbonyl (C=O) groups excluding carboxylic acids is 1. The predicted octanol–water partition coefficient (Wildman–Crippen LogP) is 5.36. The Morgan fingerprint density at radius 1 is 1.06 bits per heavy atom. The summed E-state index contributed by atoms with van der Waals surface area (Å²) in [6, 6.07) is 22.6. The standard InChI is InChI=1S/C26H22N4O4/c1-17(2)34-25-13-6-4-11-21(25)24-15-22(20-10-3-5-12-23(20)28-24)26(31)29-27-16-18-8-7-9-19(14-18)30(32)33/h3-17H,1-2H3,(H,29,31). The Morgan fingerprint density at radius 2 is 1.82 bits per heavy atom. The number of rotatable bonds is 7. The topological polar surface area (TPSA) is 107 Å². The van der Waals surface area contributed by atoms with Crippen molar-refractivity contribution in [1.29, 1.82) is 0 Å². The maximum atomic E-state index is 13.1. The molecule has 0 radical (unpaired) electrons. The highest BCUT2D eigenvalue weighted by molar-refractivity contribution is 6.07. The van der Waals surface area contributed by atoms with Crippen molar-refractivity contribution in [2.24, 2.45) is 5.10 Å². The third-order valence-electron chi connectivity index (χ3n) is 4.95. The lowest BCUT2D eigenvalue weighted by Gasteiger charge is -2.15. The number of aromatic nitrogens is 1. The molecule has 0 bridgehead atoms. The number of nitrogens with one attached hydrogen (secondary N) is 1. The number of fused-ring (bicyclic) bond motifs is 1. The molecule has 4 aromatic rings. The van der Waals surface area contributed by atoms with Gasteiger partial charge in [0.15, 0.2) is 0 Å². The number of hydrogen-bond donors (Lipinski definition) is 1. The van der Waals surface area contributed by atoms with Crippen LogP contribution in [0.2, 0.25) is 0 Å². The third kappa shape index (κ3) is 5.07. The molecule has 0 aliphatic carbocycles. The van der Waals surface area contributed by atoms with E-state index in [0.717, 1.165) is 5.56 Å². The number of pyridine rings is 1. The van der Waals surface area contributed by atoms with Crippen LogP contribution in [0.5, 0.6) is 5.75 Å². The molecular weight excluding hydrogens is 432 g/mol. The number of hydrazone groups is 1. The minimum Gasteiger partial charge on any atom is -0.490 e. The van der Waals surface area contributed by atoms with Gasteiger partial charge in [0.25, 0.3) is 11.6 Å². The van der Waals surface area contributed by atoms with Crippen LogP contribution in [0.1, 0.15) is 29.8 Å². The Bertz CT molecular complexity index is 1400. The highest BCUT2D eigenvalue weighted by atomic mass is 16.6. The lowest BCUT2D eigenvalue weighted by molar-refractivity contribution is -0.384. The Kier molecular flexibility index (Phi) is 6.59. The van der Waals surface area contributed by atoms with Crippen LogP contribution >= 0.6 is 0 Å². The molecule has 8 heteroatoms. The number of carbonyl (C=O) groups is 1. The first-order valence-corrected chi connectivity index (χ1v) is 10.7. The normalized spacial score (nSPS) is 11.1. The van der Waals surface area contributed by atoms with Gasteiger partial charge in [-0.3, -0.25) is 14.9 Å². The quantitative estimate of drug-likeness (QED) is 0.230. The maximum absolute atomic E-state index is 13.1. The number of nitro benzene ring substituents is 1. The highest BCUT2D eigenvalue weighted by Gasteiger charge is 2.16. The van der Waals surface area contributed by atoms with Crippen molar-refractivity contribution in [2.75, 3.05) is 0 Å².